The van der Waals surface area contributed by atoms with Crippen molar-refractivity contribution in [3.63, 3.8) is 0 Å². The van der Waals surface area contributed by atoms with E-state index in [0.717, 1.165) is 5.56 Å². The second-order valence-electron chi connectivity index (χ2n) is 8.36. The Morgan fingerprint density at radius 2 is 1.90 bits per heavy atom. The lowest BCUT2D eigenvalue weighted by molar-refractivity contribution is -0.131. The molecule has 1 aliphatic heterocycles. The molecule has 1 aliphatic carbocycles. The second-order valence-corrected chi connectivity index (χ2v) is 8.36. The predicted octanol–water partition coefficient (Wildman–Crippen LogP) is 2.92. The number of nitrogens with zero attached hydrogens (tertiary/aromatic N) is 5. The largest absolute Gasteiger partial charge is 0.349 e. The van der Waals surface area contributed by atoms with Gasteiger partial charge in [0.2, 0.25) is 5.91 Å². The number of benzene rings is 1. The molecule has 1 saturated carbocycles. The number of aromatic nitrogens is 2. The van der Waals surface area contributed by atoms with Crippen molar-refractivity contribution in [3.8, 4) is 6.07 Å². The van der Waals surface area contributed by atoms with Crippen molar-refractivity contribution in [2.45, 2.75) is 44.1 Å². The predicted molar refractivity (Wildman–Crippen MR) is 107 cm³/mol. The molecular weight excluding hydrogens is 388 g/mol. The minimum Gasteiger partial charge on any atom is -0.349 e. The molecule has 2 heterocycles. The summed E-state index contributed by atoms with van der Waals surface area (Å²) < 4.78 is 27.1. The summed E-state index contributed by atoms with van der Waals surface area (Å²) in [5, 5.41) is 16.8. The lowest BCUT2D eigenvalue weighted by Crippen LogP contribution is -2.54. The third-order valence-corrected chi connectivity index (χ3v) is 6.24. The summed E-state index contributed by atoms with van der Waals surface area (Å²) in [5.41, 5.74) is 0.639. The van der Waals surface area contributed by atoms with E-state index >= 15 is 0 Å². The van der Waals surface area contributed by atoms with Gasteiger partial charge in [-0.15, -0.1) is 10.2 Å². The van der Waals surface area contributed by atoms with Crippen LogP contribution in [0.1, 0.15) is 37.1 Å². The van der Waals surface area contributed by atoms with E-state index in [4.69, 9.17) is 5.26 Å². The molecule has 1 aromatic carbocycles. The van der Waals surface area contributed by atoms with Gasteiger partial charge < -0.3 is 9.80 Å². The zero-order chi connectivity index (χ0) is 21.5. The topological polar surface area (TPSA) is 73.1 Å². The van der Waals surface area contributed by atoms with Gasteiger partial charge in [0.05, 0.1) is 11.8 Å². The van der Waals surface area contributed by atoms with E-state index in [1.165, 1.54) is 0 Å². The van der Waals surface area contributed by atoms with Gasteiger partial charge in [-0.2, -0.15) is 5.26 Å². The fourth-order valence-corrected chi connectivity index (χ4v) is 4.05. The van der Waals surface area contributed by atoms with E-state index in [0.29, 0.717) is 31.0 Å². The smallest absolute Gasteiger partial charge is 0.258 e. The van der Waals surface area contributed by atoms with E-state index in [1.54, 1.807) is 43.3 Å². The van der Waals surface area contributed by atoms with Crippen molar-refractivity contribution in [1.29, 1.82) is 5.26 Å². The number of rotatable bonds is 4. The van der Waals surface area contributed by atoms with Gasteiger partial charge in [-0.05, 0) is 37.1 Å². The van der Waals surface area contributed by atoms with E-state index in [9.17, 15) is 13.6 Å². The van der Waals surface area contributed by atoms with Crippen LogP contribution in [0.3, 0.4) is 0 Å². The Hall–Kier alpha value is -3.08. The van der Waals surface area contributed by atoms with Crippen LogP contribution >= 0.6 is 0 Å². The first-order chi connectivity index (χ1) is 14.2. The standard InChI is InChI=1S/C22H23F2N5O/c1-15-13-28(9-10-29(15)19-8-7-18(12-25)26-27-19)20(30)11-16-3-5-17(6-4-16)21(2)14-22(21,23)24/h3-8,15H,9-11,13-14H2,1-2H3/t15-,21?/m0/s1. The fraction of sp³-hybridized carbons (Fsp3) is 0.455. The number of piperazine rings is 1. The first kappa shape index (κ1) is 20.2. The van der Waals surface area contributed by atoms with Crippen LogP contribution in [0.4, 0.5) is 14.6 Å². The van der Waals surface area contributed by atoms with Crippen molar-refractivity contribution in [2.24, 2.45) is 0 Å². The van der Waals surface area contributed by atoms with Crippen molar-refractivity contribution < 1.29 is 13.6 Å². The van der Waals surface area contributed by atoms with Gasteiger partial charge in [0.1, 0.15) is 6.07 Å². The number of anilines is 1. The monoisotopic (exact) mass is 411 g/mol. The Balaban J connectivity index is 1.35. The molecule has 0 bridgehead atoms. The van der Waals surface area contributed by atoms with Crippen LogP contribution in [-0.2, 0) is 16.6 Å². The average molecular weight is 411 g/mol. The van der Waals surface area contributed by atoms with E-state index in [2.05, 4.69) is 15.1 Å². The maximum absolute atomic E-state index is 13.6. The molecule has 1 unspecified atom stereocenters. The van der Waals surface area contributed by atoms with E-state index in [-0.39, 0.29) is 30.5 Å². The quantitative estimate of drug-likeness (QED) is 0.774. The fourth-order valence-electron chi connectivity index (χ4n) is 4.05. The normalized spacial score (nSPS) is 25.0. The van der Waals surface area contributed by atoms with Gasteiger partial charge in [-0.25, -0.2) is 8.78 Å². The summed E-state index contributed by atoms with van der Waals surface area (Å²) >= 11 is 0. The molecule has 1 saturated heterocycles. The van der Waals surface area contributed by atoms with Crippen LogP contribution in [0.2, 0.25) is 0 Å². The summed E-state index contributed by atoms with van der Waals surface area (Å²) in [6.07, 6.45) is 0.126. The Labute approximate surface area is 174 Å². The Morgan fingerprint density at radius 3 is 2.43 bits per heavy atom. The molecule has 0 spiro atoms. The zero-order valence-electron chi connectivity index (χ0n) is 17.0. The third kappa shape index (κ3) is 3.60. The second kappa shape index (κ2) is 7.31. The molecule has 1 aromatic heterocycles. The molecule has 156 valence electrons. The number of halogens is 2. The zero-order valence-corrected chi connectivity index (χ0v) is 17.0. The van der Waals surface area contributed by atoms with Crippen LogP contribution in [0.15, 0.2) is 36.4 Å². The van der Waals surface area contributed by atoms with Crippen LogP contribution in [-0.4, -0.2) is 52.6 Å². The highest BCUT2D eigenvalue weighted by Gasteiger charge is 2.68. The molecule has 30 heavy (non-hydrogen) atoms. The maximum atomic E-state index is 13.6. The summed E-state index contributed by atoms with van der Waals surface area (Å²) in [6, 6.07) is 12.4. The number of alkyl halides is 2. The molecule has 2 atom stereocenters. The first-order valence-corrected chi connectivity index (χ1v) is 9.99. The van der Waals surface area contributed by atoms with E-state index < -0.39 is 11.3 Å². The molecule has 4 rings (SSSR count). The molecule has 2 fully saturated rings. The number of carbonyl (C=O) groups is 1. The molecule has 2 aromatic rings. The Bertz CT molecular complexity index is 986. The van der Waals surface area contributed by atoms with Crippen molar-refractivity contribution in [2.75, 3.05) is 24.5 Å². The molecule has 1 amide bonds. The van der Waals surface area contributed by atoms with Crippen LogP contribution in [0.25, 0.3) is 0 Å². The minimum atomic E-state index is -2.64. The summed E-state index contributed by atoms with van der Waals surface area (Å²) in [6.45, 7) is 5.34. The van der Waals surface area contributed by atoms with Gasteiger partial charge in [0.15, 0.2) is 11.5 Å². The van der Waals surface area contributed by atoms with Gasteiger partial charge in [-0.3, -0.25) is 4.79 Å². The molecular formula is C22H23F2N5O. The summed E-state index contributed by atoms with van der Waals surface area (Å²) in [5.74, 6) is -1.93. The summed E-state index contributed by atoms with van der Waals surface area (Å²) in [7, 11) is 0. The summed E-state index contributed by atoms with van der Waals surface area (Å²) in [4.78, 5) is 16.7. The highest BCUT2D eigenvalue weighted by Crippen LogP contribution is 2.61. The lowest BCUT2D eigenvalue weighted by atomic mass is 9.96. The average Bonchev–Trinajstić information content (AvgIpc) is 3.27. The van der Waals surface area contributed by atoms with Crippen LogP contribution in [0.5, 0.6) is 0 Å². The number of amides is 1. The van der Waals surface area contributed by atoms with Gasteiger partial charge in [0.25, 0.3) is 5.92 Å². The number of hydrogen-bond donors (Lipinski definition) is 0. The van der Waals surface area contributed by atoms with Crippen molar-refractivity contribution in [3.05, 3.63) is 53.2 Å². The molecule has 6 nitrogen and oxygen atoms in total. The van der Waals surface area contributed by atoms with Crippen LogP contribution in [0, 0.1) is 11.3 Å². The van der Waals surface area contributed by atoms with Crippen molar-refractivity contribution >= 4 is 11.7 Å². The lowest BCUT2D eigenvalue weighted by Gasteiger charge is -2.40. The highest BCUT2D eigenvalue weighted by molar-refractivity contribution is 5.79. The Morgan fingerprint density at radius 1 is 1.20 bits per heavy atom. The molecule has 2 aliphatic rings. The van der Waals surface area contributed by atoms with E-state index in [1.807, 2.05) is 17.9 Å². The third-order valence-electron chi connectivity index (χ3n) is 6.24. The maximum Gasteiger partial charge on any atom is 0.258 e. The molecule has 0 N–H and O–H groups in total. The molecule has 8 heteroatoms. The van der Waals surface area contributed by atoms with Gasteiger partial charge in [0, 0.05) is 32.1 Å². The van der Waals surface area contributed by atoms with Gasteiger partial charge in [-0.1, -0.05) is 24.3 Å². The molecule has 0 radical (unpaired) electrons. The minimum absolute atomic E-state index is 0.0168. The highest BCUT2D eigenvalue weighted by atomic mass is 19.3. The van der Waals surface area contributed by atoms with Crippen LogP contribution < -0.4 is 4.90 Å². The van der Waals surface area contributed by atoms with Gasteiger partial charge >= 0.3 is 0 Å². The first-order valence-electron chi connectivity index (χ1n) is 9.99. The van der Waals surface area contributed by atoms with Crippen molar-refractivity contribution in [1.82, 2.24) is 15.1 Å². The number of carbonyl (C=O) groups excluding carboxylic acids is 1. The number of nitriles is 1. The Kier molecular flexibility index (Phi) is 4.92. The SMILES string of the molecule is C[C@H]1CN(C(=O)Cc2ccc(C3(C)CC3(F)F)cc2)CCN1c1ccc(C#N)nn1. The number of hydrogen-bond acceptors (Lipinski definition) is 5.